The molecule has 1 heterocycles. The number of hydrogen-bond donors (Lipinski definition) is 0. The number of likely N-dealkylation sites (tertiary alicyclic amines) is 1. The van der Waals surface area contributed by atoms with Crippen molar-refractivity contribution in [3.8, 4) is 0 Å². The lowest BCUT2D eigenvalue weighted by Gasteiger charge is -2.29. The topological polar surface area (TPSA) is 32.7 Å². The summed E-state index contributed by atoms with van der Waals surface area (Å²) in [7, 11) is 0. The van der Waals surface area contributed by atoms with Crippen molar-refractivity contribution < 1.29 is 0 Å². The van der Waals surface area contributed by atoms with Crippen molar-refractivity contribution in [1.82, 2.24) is 4.90 Å². The van der Waals surface area contributed by atoms with Gasteiger partial charge in [-0.25, -0.2) is 0 Å². The molecule has 76 valence electrons. The average Bonchev–Trinajstić information content (AvgIpc) is 2.15. The molecule has 0 aliphatic carbocycles. The van der Waals surface area contributed by atoms with E-state index < -0.39 is 0 Å². The zero-order valence-electron chi connectivity index (χ0n) is 8.54. The molecular formula is C10H20N2O. The van der Waals surface area contributed by atoms with Crippen LogP contribution < -0.4 is 0 Å². The molecule has 1 saturated heterocycles. The molecule has 1 aliphatic heterocycles. The minimum absolute atomic E-state index is 0.490. The first-order valence-electron chi connectivity index (χ1n) is 5.34. The van der Waals surface area contributed by atoms with Crippen LogP contribution >= 0.6 is 0 Å². The van der Waals surface area contributed by atoms with Crippen LogP contribution in [0.2, 0.25) is 0 Å². The van der Waals surface area contributed by atoms with Gasteiger partial charge in [0.15, 0.2) is 0 Å². The Morgan fingerprint density at radius 1 is 1.31 bits per heavy atom. The molecular weight excluding hydrogens is 164 g/mol. The van der Waals surface area contributed by atoms with Gasteiger partial charge in [0.05, 0.1) is 6.54 Å². The molecule has 13 heavy (non-hydrogen) atoms. The van der Waals surface area contributed by atoms with Crippen molar-refractivity contribution in [3.05, 3.63) is 4.91 Å². The summed E-state index contributed by atoms with van der Waals surface area (Å²) >= 11 is 0. The highest BCUT2D eigenvalue weighted by atomic mass is 16.3. The minimum atomic E-state index is 0.490. The lowest BCUT2D eigenvalue weighted by Crippen LogP contribution is -2.33. The third-order valence-electron chi connectivity index (χ3n) is 2.85. The highest BCUT2D eigenvalue weighted by molar-refractivity contribution is 4.69. The lowest BCUT2D eigenvalue weighted by atomic mass is 9.99. The Labute approximate surface area is 80.5 Å². The maximum atomic E-state index is 9.84. The highest BCUT2D eigenvalue weighted by Crippen LogP contribution is 2.15. The van der Waals surface area contributed by atoms with E-state index in [0.717, 1.165) is 25.3 Å². The molecule has 0 unspecified atom stereocenters. The molecule has 0 spiro atoms. The first kappa shape index (κ1) is 10.6. The van der Waals surface area contributed by atoms with E-state index in [1.807, 2.05) is 0 Å². The summed E-state index contributed by atoms with van der Waals surface area (Å²) in [6.07, 6.45) is 4.76. The zero-order chi connectivity index (χ0) is 9.52. The van der Waals surface area contributed by atoms with Gasteiger partial charge in [0.1, 0.15) is 0 Å². The second kappa shape index (κ2) is 6.08. The summed E-state index contributed by atoms with van der Waals surface area (Å²) in [5, 5.41) is 2.86. The van der Waals surface area contributed by atoms with E-state index in [4.69, 9.17) is 0 Å². The number of hydrogen-bond acceptors (Lipinski definition) is 3. The van der Waals surface area contributed by atoms with E-state index in [1.165, 1.54) is 25.9 Å². The van der Waals surface area contributed by atoms with E-state index >= 15 is 0 Å². The van der Waals surface area contributed by atoms with Crippen molar-refractivity contribution in [1.29, 1.82) is 0 Å². The third-order valence-corrected chi connectivity index (χ3v) is 2.85. The standard InChI is InChI=1S/C10H20N2O/c1-10-4-8-12(9-5-10)7-3-2-6-11-13/h10H,2-9H2,1H3. The van der Waals surface area contributed by atoms with Crippen LogP contribution in [-0.2, 0) is 0 Å². The van der Waals surface area contributed by atoms with E-state index in [9.17, 15) is 4.91 Å². The van der Waals surface area contributed by atoms with Gasteiger partial charge in [0.2, 0.25) is 0 Å². The smallest absolute Gasteiger partial charge is 0.0811 e. The molecule has 0 N–H and O–H groups in total. The van der Waals surface area contributed by atoms with Gasteiger partial charge in [-0.2, -0.15) is 4.91 Å². The second-order valence-electron chi connectivity index (χ2n) is 4.08. The number of rotatable bonds is 5. The summed E-state index contributed by atoms with van der Waals surface area (Å²) in [4.78, 5) is 12.3. The Morgan fingerprint density at radius 3 is 2.62 bits per heavy atom. The highest BCUT2D eigenvalue weighted by Gasteiger charge is 2.14. The van der Waals surface area contributed by atoms with E-state index in [-0.39, 0.29) is 0 Å². The quantitative estimate of drug-likeness (QED) is 0.485. The predicted octanol–water partition coefficient (Wildman–Crippen LogP) is 2.26. The van der Waals surface area contributed by atoms with Gasteiger partial charge in [0, 0.05) is 0 Å². The van der Waals surface area contributed by atoms with Gasteiger partial charge in [-0.1, -0.05) is 12.1 Å². The van der Waals surface area contributed by atoms with Crippen LogP contribution in [0.5, 0.6) is 0 Å². The summed E-state index contributed by atoms with van der Waals surface area (Å²) in [5.74, 6) is 0.910. The Bertz CT molecular complexity index is 142. The lowest BCUT2D eigenvalue weighted by molar-refractivity contribution is 0.190. The molecule has 0 aromatic carbocycles. The minimum Gasteiger partial charge on any atom is -0.303 e. The SMILES string of the molecule is CC1CCN(CCCCN=O)CC1. The predicted molar refractivity (Wildman–Crippen MR) is 54.7 cm³/mol. The summed E-state index contributed by atoms with van der Waals surface area (Å²) < 4.78 is 0. The summed E-state index contributed by atoms with van der Waals surface area (Å²) in [6.45, 7) is 6.46. The Morgan fingerprint density at radius 2 is 2.00 bits per heavy atom. The summed E-state index contributed by atoms with van der Waals surface area (Å²) in [6, 6.07) is 0. The molecule has 3 heteroatoms. The molecule has 0 aromatic heterocycles. The maximum Gasteiger partial charge on any atom is 0.0811 e. The van der Waals surface area contributed by atoms with Gasteiger partial charge in [0.25, 0.3) is 0 Å². The fourth-order valence-electron chi connectivity index (χ4n) is 1.80. The summed E-state index contributed by atoms with van der Waals surface area (Å²) in [5.41, 5.74) is 0. The maximum absolute atomic E-state index is 9.84. The van der Waals surface area contributed by atoms with Crippen molar-refractivity contribution in [2.45, 2.75) is 32.6 Å². The first-order valence-corrected chi connectivity index (χ1v) is 5.34. The molecule has 0 saturated carbocycles. The first-order chi connectivity index (χ1) is 6.33. The molecule has 1 aliphatic rings. The van der Waals surface area contributed by atoms with Crippen LogP contribution in [0.3, 0.4) is 0 Å². The van der Waals surface area contributed by atoms with Crippen LogP contribution in [0, 0.1) is 10.8 Å². The molecule has 0 bridgehead atoms. The van der Waals surface area contributed by atoms with E-state index in [1.54, 1.807) is 0 Å². The van der Waals surface area contributed by atoms with Gasteiger partial charge in [-0.3, -0.25) is 0 Å². The van der Waals surface area contributed by atoms with Gasteiger partial charge >= 0.3 is 0 Å². The van der Waals surface area contributed by atoms with Crippen LogP contribution in [0.1, 0.15) is 32.6 Å². The van der Waals surface area contributed by atoms with Gasteiger partial charge in [-0.15, -0.1) is 0 Å². The van der Waals surface area contributed by atoms with Crippen LogP contribution in [0.25, 0.3) is 0 Å². The third kappa shape index (κ3) is 4.36. The average molecular weight is 184 g/mol. The molecule has 3 nitrogen and oxygen atoms in total. The van der Waals surface area contributed by atoms with Crippen molar-refractivity contribution in [2.24, 2.45) is 11.1 Å². The molecule has 0 radical (unpaired) electrons. The Kier molecular flexibility index (Phi) is 4.98. The Balaban J connectivity index is 1.99. The Hall–Kier alpha value is -0.440. The number of nitrogens with zero attached hydrogens (tertiary/aromatic N) is 2. The van der Waals surface area contributed by atoms with Crippen LogP contribution in [-0.4, -0.2) is 31.1 Å². The number of nitroso groups, excluding NO2 is 1. The molecule has 1 rings (SSSR count). The van der Waals surface area contributed by atoms with E-state index in [0.29, 0.717) is 6.54 Å². The number of piperidine rings is 1. The largest absolute Gasteiger partial charge is 0.303 e. The fourth-order valence-corrected chi connectivity index (χ4v) is 1.80. The molecule has 0 atom stereocenters. The second-order valence-corrected chi connectivity index (χ2v) is 4.08. The van der Waals surface area contributed by atoms with Gasteiger partial charge < -0.3 is 4.90 Å². The fraction of sp³-hybridized carbons (Fsp3) is 1.00. The van der Waals surface area contributed by atoms with Crippen molar-refractivity contribution in [2.75, 3.05) is 26.2 Å². The van der Waals surface area contributed by atoms with Gasteiger partial charge in [-0.05, 0) is 51.2 Å². The van der Waals surface area contributed by atoms with Crippen LogP contribution in [0.15, 0.2) is 5.18 Å². The molecule has 1 fully saturated rings. The monoisotopic (exact) mass is 184 g/mol. The molecule has 0 aromatic rings. The van der Waals surface area contributed by atoms with E-state index in [2.05, 4.69) is 17.0 Å². The van der Waals surface area contributed by atoms with Crippen molar-refractivity contribution in [3.63, 3.8) is 0 Å². The number of unbranched alkanes of at least 4 members (excludes halogenated alkanes) is 1. The van der Waals surface area contributed by atoms with Crippen molar-refractivity contribution >= 4 is 0 Å². The van der Waals surface area contributed by atoms with Crippen LogP contribution in [0.4, 0.5) is 0 Å². The molecule has 0 amide bonds. The normalized spacial score (nSPS) is 20.4. The zero-order valence-corrected chi connectivity index (χ0v) is 8.54.